The Morgan fingerprint density at radius 3 is 2.89 bits per heavy atom. The number of Topliss-reactive ketones (excluding diaryl/α,β-unsaturated/α-hetero) is 1. The predicted molar refractivity (Wildman–Crippen MR) is 95.4 cm³/mol. The van der Waals surface area contributed by atoms with E-state index in [0.717, 1.165) is 5.57 Å². The maximum absolute atomic E-state index is 16.8. The van der Waals surface area contributed by atoms with Crippen molar-refractivity contribution in [3.05, 3.63) is 23.8 Å². The molecule has 4 aliphatic carbocycles. The van der Waals surface area contributed by atoms with E-state index < -0.39 is 34.3 Å². The Bertz CT molecular complexity index is 823. The van der Waals surface area contributed by atoms with Crippen molar-refractivity contribution in [2.24, 2.45) is 28.9 Å². The van der Waals surface area contributed by atoms with Crippen LogP contribution in [0.15, 0.2) is 23.8 Å². The monoisotopic (exact) mass is 375 g/mol. The summed E-state index contributed by atoms with van der Waals surface area (Å²) < 4.78 is 22.9. The molecular weight excluding hydrogens is 349 g/mol. The smallest absolute Gasteiger partial charge is 0.181 e. The Hall–Kier alpha value is -1.37. The molecule has 8 atom stereocenters. The number of hydrogen-bond donors (Lipinski definition) is 2. The number of halogens is 1. The van der Waals surface area contributed by atoms with Crippen molar-refractivity contribution < 1.29 is 23.8 Å². The van der Waals surface area contributed by atoms with Crippen LogP contribution < -0.4 is 5.73 Å². The van der Waals surface area contributed by atoms with Crippen molar-refractivity contribution in [3.63, 3.8) is 0 Å². The highest BCUT2D eigenvalue weighted by Gasteiger charge is 2.87. The summed E-state index contributed by atoms with van der Waals surface area (Å²) in [7, 11) is 0. The van der Waals surface area contributed by atoms with Gasteiger partial charge < -0.3 is 15.6 Å². The van der Waals surface area contributed by atoms with Gasteiger partial charge in [0.1, 0.15) is 5.60 Å². The van der Waals surface area contributed by atoms with Gasteiger partial charge >= 0.3 is 0 Å². The molecule has 146 valence electrons. The first-order chi connectivity index (χ1) is 12.7. The molecule has 1 aliphatic heterocycles. The van der Waals surface area contributed by atoms with Crippen LogP contribution in [0.5, 0.6) is 0 Å². The summed E-state index contributed by atoms with van der Waals surface area (Å²) in [5.74, 6) is -0.846. The molecule has 5 rings (SSSR count). The second-order valence-corrected chi connectivity index (χ2v) is 9.34. The van der Waals surface area contributed by atoms with Gasteiger partial charge in [-0.05, 0) is 50.2 Å². The molecule has 3 saturated carbocycles. The zero-order valence-electron chi connectivity index (χ0n) is 15.7. The molecule has 0 aromatic heterocycles. The molecule has 6 heteroatoms. The fourth-order valence-corrected chi connectivity index (χ4v) is 7.28. The largest absolute Gasteiger partial charge is 0.390 e. The van der Waals surface area contributed by atoms with Crippen LogP contribution in [0, 0.1) is 23.2 Å². The molecule has 1 saturated heterocycles. The number of carbonyl (C=O) groups is 2. The number of epoxide rings is 1. The summed E-state index contributed by atoms with van der Waals surface area (Å²) in [6.07, 6.45) is 5.29. The third-order valence-electron chi connectivity index (χ3n) is 8.52. The van der Waals surface area contributed by atoms with Gasteiger partial charge in [0, 0.05) is 17.8 Å². The van der Waals surface area contributed by atoms with E-state index in [0.29, 0.717) is 19.3 Å². The van der Waals surface area contributed by atoms with Crippen molar-refractivity contribution in [1.82, 2.24) is 0 Å². The number of rotatable bonds is 2. The molecule has 27 heavy (non-hydrogen) atoms. The SMILES string of the molecule is C[C@@H]1C[C@H]2[C@@H]3CCC4=CC(=O)C=C[C@]4(C)[C@@]3(F)[C@@H](O)C[C@@]23O[C@]13C(=O)CN. The highest BCUT2D eigenvalue weighted by Crippen LogP contribution is 2.76. The summed E-state index contributed by atoms with van der Waals surface area (Å²) in [5, 5.41) is 11.1. The molecule has 1 spiro atoms. The minimum Gasteiger partial charge on any atom is -0.390 e. The molecule has 5 aliphatic rings. The third-order valence-corrected chi connectivity index (χ3v) is 8.52. The van der Waals surface area contributed by atoms with Gasteiger partial charge in [0.05, 0.1) is 12.6 Å². The van der Waals surface area contributed by atoms with Gasteiger partial charge in [0.2, 0.25) is 0 Å². The van der Waals surface area contributed by atoms with Crippen LogP contribution in [0.1, 0.15) is 39.5 Å². The van der Waals surface area contributed by atoms with Gasteiger partial charge in [-0.1, -0.05) is 18.6 Å². The number of fused-ring (bicyclic) bond motifs is 4. The van der Waals surface area contributed by atoms with Crippen LogP contribution in [-0.2, 0) is 14.3 Å². The van der Waals surface area contributed by atoms with Crippen molar-refractivity contribution in [3.8, 4) is 0 Å². The summed E-state index contributed by atoms with van der Waals surface area (Å²) >= 11 is 0. The molecular formula is C21H26FNO4. The highest BCUT2D eigenvalue weighted by molar-refractivity contribution is 6.01. The van der Waals surface area contributed by atoms with Gasteiger partial charge in [-0.3, -0.25) is 9.59 Å². The van der Waals surface area contributed by atoms with Gasteiger partial charge in [-0.25, -0.2) is 4.39 Å². The number of hydrogen-bond acceptors (Lipinski definition) is 5. The molecule has 3 N–H and O–H groups in total. The molecule has 1 heterocycles. The van der Waals surface area contributed by atoms with E-state index in [1.807, 2.05) is 6.92 Å². The lowest BCUT2D eigenvalue weighted by molar-refractivity contribution is -0.179. The van der Waals surface area contributed by atoms with Crippen molar-refractivity contribution >= 4 is 11.6 Å². The Morgan fingerprint density at radius 2 is 2.19 bits per heavy atom. The number of aliphatic hydroxyl groups excluding tert-OH is 1. The summed E-state index contributed by atoms with van der Waals surface area (Å²) in [5.41, 5.74) is 1.78. The molecule has 4 fully saturated rings. The number of carbonyl (C=O) groups excluding carboxylic acids is 2. The number of aliphatic hydroxyl groups is 1. The van der Waals surface area contributed by atoms with Crippen LogP contribution in [-0.4, -0.2) is 46.2 Å². The van der Waals surface area contributed by atoms with Crippen LogP contribution in [0.25, 0.3) is 0 Å². The Balaban J connectivity index is 1.61. The van der Waals surface area contributed by atoms with Crippen LogP contribution in [0.2, 0.25) is 0 Å². The first kappa shape index (κ1) is 17.7. The van der Waals surface area contributed by atoms with Gasteiger partial charge in [-0.15, -0.1) is 0 Å². The Labute approximate surface area is 157 Å². The highest BCUT2D eigenvalue weighted by atomic mass is 19.1. The molecule has 0 bridgehead atoms. The van der Waals surface area contributed by atoms with Crippen LogP contribution in [0.3, 0.4) is 0 Å². The lowest BCUT2D eigenvalue weighted by Crippen LogP contribution is -2.66. The fourth-order valence-electron chi connectivity index (χ4n) is 7.28. The second kappa shape index (κ2) is 4.97. The average Bonchev–Trinajstić information content (AvgIpc) is 3.24. The molecule has 5 nitrogen and oxygen atoms in total. The summed E-state index contributed by atoms with van der Waals surface area (Å²) in [4.78, 5) is 24.5. The average molecular weight is 375 g/mol. The number of ketones is 2. The van der Waals surface area contributed by atoms with E-state index in [1.165, 1.54) is 12.2 Å². The van der Waals surface area contributed by atoms with Gasteiger partial charge in [0.15, 0.2) is 22.8 Å². The predicted octanol–water partition coefficient (Wildman–Crippen LogP) is 1.63. The van der Waals surface area contributed by atoms with Crippen molar-refractivity contribution in [2.45, 2.75) is 62.5 Å². The number of allylic oxidation sites excluding steroid dienone is 4. The van der Waals surface area contributed by atoms with E-state index in [2.05, 4.69) is 0 Å². The zero-order valence-corrected chi connectivity index (χ0v) is 15.7. The molecule has 0 radical (unpaired) electrons. The molecule has 0 unspecified atom stereocenters. The minimum absolute atomic E-state index is 0.0404. The van der Waals surface area contributed by atoms with E-state index in [4.69, 9.17) is 10.5 Å². The van der Waals surface area contributed by atoms with E-state index in [-0.39, 0.29) is 36.4 Å². The van der Waals surface area contributed by atoms with E-state index >= 15 is 4.39 Å². The minimum atomic E-state index is -1.88. The quantitative estimate of drug-likeness (QED) is 0.716. The Kier molecular flexibility index (Phi) is 3.26. The Morgan fingerprint density at radius 1 is 1.44 bits per heavy atom. The van der Waals surface area contributed by atoms with E-state index in [1.54, 1.807) is 13.0 Å². The first-order valence-electron chi connectivity index (χ1n) is 9.92. The second-order valence-electron chi connectivity index (χ2n) is 9.34. The zero-order chi connectivity index (χ0) is 19.4. The summed E-state index contributed by atoms with van der Waals surface area (Å²) in [6.45, 7) is 3.66. The maximum atomic E-state index is 16.8. The lowest BCUT2D eigenvalue weighted by atomic mass is 9.48. The third kappa shape index (κ3) is 1.68. The normalized spacial score (nSPS) is 55.1. The van der Waals surface area contributed by atoms with Crippen molar-refractivity contribution in [1.29, 1.82) is 0 Å². The number of alkyl halides is 1. The topological polar surface area (TPSA) is 92.9 Å². The molecule has 0 aromatic rings. The maximum Gasteiger partial charge on any atom is 0.181 e. The van der Waals surface area contributed by atoms with Crippen LogP contribution in [0.4, 0.5) is 4.39 Å². The van der Waals surface area contributed by atoms with Crippen molar-refractivity contribution in [2.75, 3.05) is 6.54 Å². The number of ether oxygens (including phenoxy) is 1. The van der Waals surface area contributed by atoms with Gasteiger partial charge in [0.25, 0.3) is 0 Å². The summed E-state index contributed by atoms with van der Waals surface area (Å²) in [6, 6.07) is 0. The fraction of sp³-hybridized carbons (Fsp3) is 0.714. The number of nitrogens with two attached hydrogens (primary N) is 1. The first-order valence-corrected chi connectivity index (χ1v) is 9.92. The lowest BCUT2D eigenvalue weighted by Gasteiger charge is -2.59. The molecule has 0 aromatic carbocycles. The van der Waals surface area contributed by atoms with Crippen LogP contribution >= 0.6 is 0 Å². The standard InChI is InChI=1S/C21H26FNO4/c1-11-7-15-14-4-3-12-8-13(24)5-6-18(12,2)20(14,22)16(25)9-19(15)21(11,27-19)17(26)10-23/h5-6,8,11,14-16,25H,3-4,7,9-10,23H2,1-2H3/t11-,14+,15+,16+,18+,19-,20+,21+/m1/s1. The molecule has 0 amide bonds. The van der Waals surface area contributed by atoms with E-state index in [9.17, 15) is 14.7 Å². The van der Waals surface area contributed by atoms with Gasteiger partial charge in [-0.2, -0.15) is 0 Å².